The van der Waals surface area contributed by atoms with Gasteiger partial charge in [-0.3, -0.25) is 0 Å². The van der Waals surface area contributed by atoms with E-state index in [1.54, 1.807) is 0 Å². The van der Waals surface area contributed by atoms with Gasteiger partial charge in [0.05, 0.1) is 11.0 Å². The molecule has 0 aliphatic rings. The van der Waals surface area contributed by atoms with Crippen molar-refractivity contribution in [1.82, 2.24) is 4.57 Å². The third-order valence-corrected chi connectivity index (χ3v) is 13.5. The maximum Gasteiger partial charge on any atom is 0.0541 e. The number of aromatic nitrogens is 1. The zero-order chi connectivity index (χ0) is 40.3. The minimum atomic E-state index is 1.10. The van der Waals surface area contributed by atoms with E-state index in [2.05, 4.69) is 240 Å². The average Bonchev–Trinajstić information content (AvgIpc) is 3.89. The van der Waals surface area contributed by atoms with Crippen molar-refractivity contribution in [3.05, 3.63) is 231 Å². The predicted molar refractivity (Wildman–Crippen MR) is 262 cm³/mol. The first-order chi connectivity index (χ1) is 30.2. The van der Waals surface area contributed by atoms with Gasteiger partial charge in [0.25, 0.3) is 0 Å². The maximum absolute atomic E-state index is 2.37. The highest BCUT2D eigenvalue weighted by atomic mass is 32.1. The SMILES string of the molecule is c1ccc(-c2ccc(N(c3ccc(-c4ccc5c(c4)c4ccccc4n5-c4ccccc4)cc3)c3ccc(-c4cccc5c4sc4c6ccccc6ccc54)cc3)cc2)cc1. The molecule has 0 bridgehead atoms. The smallest absolute Gasteiger partial charge is 0.0541 e. The van der Waals surface area contributed by atoms with Crippen LogP contribution in [0.2, 0.25) is 0 Å². The van der Waals surface area contributed by atoms with Crippen LogP contribution in [0.5, 0.6) is 0 Å². The second kappa shape index (κ2) is 14.5. The molecule has 0 atom stereocenters. The molecule has 10 aromatic carbocycles. The minimum Gasteiger partial charge on any atom is -0.311 e. The summed E-state index contributed by atoms with van der Waals surface area (Å²) in [5.74, 6) is 0. The summed E-state index contributed by atoms with van der Waals surface area (Å²) in [6.45, 7) is 0. The van der Waals surface area contributed by atoms with Gasteiger partial charge >= 0.3 is 0 Å². The summed E-state index contributed by atoms with van der Waals surface area (Å²) in [6, 6.07) is 83.9. The minimum absolute atomic E-state index is 1.10. The molecule has 2 nitrogen and oxygen atoms in total. The number of hydrogen-bond donors (Lipinski definition) is 0. The van der Waals surface area contributed by atoms with Gasteiger partial charge in [-0.1, -0.05) is 164 Å². The molecule has 2 heterocycles. The highest BCUT2D eigenvalue weighted by molar-refractivity contribution is 7.27. The topological polar surface area (TPSA) is 8.17 Å². The van der Waals surface area contributed by atoms with Crippen LogP contribution in [0.15, 0.2) is 231 Å². The van der Waals surface area contributed by atoms with Crippen molar-refractivity contribution < 1.29 is 0 Å². The molecule has 0 fully saturated rings. The zero-order valence-electron chi connectivity index (χ0n) is 33.2. The number of benzene rings is 10. The van der Waals surface area contributed by atoms with Gasteiger partial charge in [-0.05, 0) is 111 Å². The van der Waals surface area contributed by atoms with Crippen LogP contribution in [0.4, 0.5) is 17.1 Å². The van der Waals surface area contributed by atoms with Gasteiger partial charge in [0, 0.05) is 53.7 Å². The van der Waals surface area contributed by atoms with Crippen molar-refractivity contribution in [3.63, 3.8) is 0 Å². The van der Waals surface area contributed by atoms with Crippen LogP contribution in [0, 0.1) is 0 Å². The molecule has 0 saturated carbocycles. The van der Waals surface area contributed by atoms with Crippen molar-refractivity contribution in [1.29, 1.82) is 0 Å². The molecule has 0 saturated heterocycles. The van der Waals surface area contributed by atoms with E-state index in [1.807, 2.05) is 11.3 Å². The van der Waals surface area contributed by atoms with Gasteiger partial charge in [0.2, 0.25) is 0 Å². The van der Waals surface area contributed by atoms with Crippen molar-refractivity contribution in [2.24, 2.45) is 0 Å². The first kappa shape index (κ1) is 35.2. The number of nitrogens with zero attached hydrogens (tertiary/aromatic N) is 2. The molecule has 3 heteroatoms. The van der Waals surface area contributed by atoms with Crippen LogP contribution < -0.4 is 4.90 Å². The molecule has 12 rings (SSSR count). The van der Waals surface area contributed by atoms with Gasteiger partial charge in [0.15, 0.2) is 0 Å². The van der Waals surface area contributed by atoms with Gasteiger partial charge < -0.3 is 9.47 Å². The Morgan fingerprint density at radius 2 is 0.836 bits per heavy atom. The van der Waals surface area contributed by atoms with Gasteiger partial charge in [-0.15, -0.1) is 11.3 Å². The molecule has 2 aromatic heterocycles. The second-order valence-corrected chi connectivity index (χ2v) is 16.7. The number of rotatable bonds is 7. The van der Waals surface area contributed by atoms with Crippen molar-refractivity contribution >= 4 is 81.1 Å². The number of anilines is 3. The highest BCUT2D eigenvalue weighted by Crippen LogP contribution is 2.44. The third-order valence-electron chi connectivity index (χ3n) is 12.2. The van der Waals surface area contributed by atoms with E-state index in [4.69, 9.17) is 0 Å². The normalized spacial score (nSPS) is 11.6. The van der Waals surface area contributed by atoms with Gasteiger partial charge in [-0.2, -0.15) is 0 Å². The average molecular weight is 795 g/mol. The van der Waals surface area contributed by atoms with E-state index in [-0.39, 0.29) is 0 Å². The molecule has 286 valence electrons. The molecule has 0 aliphatic carbocycles. The van der Waals surface area contributed by atoms with E-state index in [0.717, 1.165) is 17.1 Å². The summed E-state index contributed by atoms with van der Waals surface area (Å²) in [6.07, 6.45) is 0. The molecule has 0 radical (unpaired) electrons. The van der Waals surface area contributed by atoms with Gasteiger partial charge in [-0.25, -0.2) is 0 Å². The zero-order valence-corrected chi connectivity index (χ0v) is 34.1. The fourth-order valence-corrected chi connectivity index (χ4v) is 10.6. The molecule has 0 unspecified atom stereocenters. The molecular weight excluding hydrogens is 757 g/mol. The summed E-state index contributed by atoms with van der Waals surface area (Å²) in [5.41, 5.74) is 14.2. The number of fused-ring (bicyclic) bond motifs is 8. The number of hydrogen-bond acceptors (Lipinski definition) is 2. The lowest BCUT2D eigenvalue weighted by Gasteiger charge is -2.26. The largest absolute Gasteiger partial charge is 0.311 e. The molecule has 12 aromatic rings. The number of para-hydroxylation sites is 2. The summed E-state index contributed by atoms with van der Waals surface area (Å²) in [5, 5.41) is 7.74. The Balaban J connectivity index is 0.934. The summed E-state index contributed by atoms with van der Waals surface area (Å²) < 4.78 is 5.05. The fourth-order valence-electron chi connectivity index (χ4n) is 9.24. The monoisotopic (exact) mass is 794 g/mol. The lowest BCUT2D eigenvalue weighted by Crippen LogP contribution is -2.09. The standard InChI is InChI=1S/C58H38N2S/c1-3-12-39(13-4-1)40-22-30-46(31-23-40)59(48-34-26-43(27-35-48)50-19-11-20-52-53-36-28-42-14-7-8-17-49(42)58(53)61-57(50)52)47-32-24-41(25-33-47)44-29-37-56-54(38-44)51-18-9-10-21-55(51)60(56)45-15-5-2-6-16-45/h1-38H. The van der Waals surface area contributed by atoms with E-state index in [0.29, 0.717) is 0 Å². The summed E-state index contributed by atoms with van der Waals surface area (Å²) >= 11 is 1.91. The van der Waals surface area contributed by atoms with Crippen LogP contribution in [-0.4, -0.2) is 4.57 Å². The molecule has 0 spiro atoms. The third kappa shape index (κ3) is 6.01. The Morgan fingerprint density at radius 3 is 1.56 bits per heavy atom. The quantitative estimate of drug-likeness (QED) is 0.156. The van der Waals surface area contributed by atoms with Crippen LogP contribution in [0.3, 0.4) is 0 Å². The Kier molecular flexibility index (Phi) is 8.39. The van der Waals surface area contributed by atoms with E-state index < -0.39 is 0 Å². The highest BCUT2D eigenvalue weighted by Gasteiger charge is 2.17. The number of thiophene rings is 1. The Labute approximate surface area is 358 Å². The van der Waals surface area contributed by atoms with Crippen LogP contribution >= 0.6 is 11.3 Å². The van der Waals surface area contributed by atoms with Crippen LogP contribution in [-0.2, 0) is 0 Å². The van der Waals surface area contributed by atoms with E-state index >= 15 is 0 Å². The molecular formula is C58H38N2S. The predicted octanol–water partition coefficient (Wildman–Crippen LogP) is 16.8. The van der Waals surface area contributed by atoms with Crippen molar-refractivity contribution in [3.8, 4) is 39.1 Å². The molecule has 0 amide bonds. The van der Waals surface area contributed by atoms with Crippen LogP contribution in [0.1, 0.15) is 0 Å². The Morgan fingerprint density at radius 1 is 0.311 bits per heavy atom. The first-order valence-electron chi connectivity index (χ1n) is 20.8. The van der Waals surface area contributed by atoms with E-state index in [9.17, 15) is 0 Å². The van der Waals surface area contributed by atoms with Gasteiger partial charge in [0.1, 0.15) is 0 Å². The Hall–Kier alpha value is -7.72. The Bertz CT molecular complexity index is 3550. The second-order valence-electron chi connectivity index (χ2n) is 15.7. The molecule has 61 heavy (non-hydrogen) atoms. The van der Waals surface area contributed by atoms with E-state index in [1.165, 1.54) is 91.8 Å². The van der Waals surface area contributed by atoms with Crippen LogP contribution in [0.25, 0.3) is 91.8 Å². The summed E-state index contributed by atoms with van der Waals surface area (Å²) in [7, 11) is 0. The lowest BCUT2D eigenvalue weighted by molar-refractivity contribution is 1.18. The maximum atomic E-state index is 2.37. The fraction of sp³-hybridized carbons (Fsp3) is 0. The first-order valence-corrected chi connectivity index (χ1v) is 21.6. The molecule has 0 N–H and O–H groups in total. The van der Waals surface area contributed by atoms with Crippen molar-refractivity contribution in [2.45, 2.75) is 0 Å². The lowest BCUT2D eigenvalue weighted by atomic mass is 10.0. The molecule has 0 aliphatic heterocycles. The van der Waals surface area contributed by atoms with Crippen molar-refractivity contribution in [2.75, 3.05) is 4.90 Å². The summed E-state index contributed by atoms with van der Waals surface area (Å²) in [4.78, 5) is 2.37.